The maximum Gasteiger partial charge on any atom is 0.193 e. The highest BCUT2D eigenvalue weighted by atomic mass is 19.1. The van der Waals surface area contributed by atoms with Gasteiger partial charge in [-0.05, 0) is 60.6 Å². The molecule has 4 atom stereocenters. The van der Waals surface area contributed by atoms with Crippen molar-refractivity contribution in [2.24, 2.45) is 10.9 Å². The lowest BCUT2D eigenvalue weighted by atomic mass is 9.83. The van der Waals surface area contributed by atoms with Crippen molar-refractivity contribution in [3.63, 3.8) is 0 Å². The van der Waals surface area contributed by atoms with Crippen LogP contribution in [0.15, 0.2) is 59.6 Å². The van der Waals surface area contributed by atoms with Gasteiger partial charge < -0.3 is 25.2 Å². The Bertz CT molecular complexity index is 1350. The minimum atomic E-state index is -1.21. The fourth-order valence-corrected chi connectivity index (χ4v) is 5.19. The summed E-state index contributed by atoms with van der Waals surface area (Å²) in [6.07, 6.45) is -2.16. The molecule has 0 bridgehead atoms. The van der Waals surface area contributed by atoms with Gasteiger partial charge in [-0.25, -0.2) is 13.8 Å². The SMILES string of the molecule is CC(C)(O)c1ccc(-c2ccc(-c3c(F)cc4c(c3F)N=C(O[C@H]3CC[C@H](CO)[C@@H](O)[C@@H]3O)C4)cc2)cc1. The number of ether oxygens (including phenoxy) is 1. The Morgan fingerprint density at radius 3 is 2.13 bits per heavy atom. The van der Waals surface area contributed by atoms with Crippen LogP contribution in [0.3, 0.4) is 0 Å². The van der Waals surface area contributed by atoms with Gasteiger partial charge in [0.15, 0.2) is 11.7 Å². The number of aliphatic hydroxyl groups excluding tert-OH is 3. The minimum absolute atomic E-state index is 0.00164. The van der Waals surface area contributed by atoms with Gasteiger partial charge in [-0.3, -0.25) is 0 Å². The van der Waals surface area contributed by atoms with Gasteiger partial charge in [-0.2, -0.15) is 0 Å². The van der Waals surface area contributed by atoms with E-state index in [2.05, 4.69) is 4.99 Å². The van der Waals surface area contributed by atoms with E-state index in [1.165, 1.54) is 6.07 Å². The van der Waals surface area contributed by atoms with Crippen LogP contribution in [-0.4, -0.2) is 51.2 Å². The average molecular weight is 524 g/mol. The van der Waals surface area contributed by atoms with E-state index in [0.717, 1.165) is 16.7 Å². The van der Waals surface area contributed by atoms with Crippen molar-refractivity contribution in [1.29, 1.82) is 0 Å². The molecule has 200 valence electrons. The number of fused-ring (bicyclic) bond motifs is 1. The van der Waals surface area contributed by atoms with Gasteiger partial charge in [0.1, 0.15) is 23.7 Å². The van der Waals surface area contributed by atoms with Crippen molar-refractivity contribution in [1.82, 2.24) is 0 Å². The molecule has 0 spiro atoms. The van der Waals surface area contributed by atoms with Crippen molar-refractivity contribution in [2.45, 2.75) is 57.0 Å². The van der Waals surface area contributed by atoms with Crippen molar-refractivity contribution < 1.29 is 33.9 Å². The fraction of sp³-hybridized carbons (Fsp3) is 0.367. The van der Waals surface area contributed by atoms with E-state index < -0.39 is 41.5 Å². The summed E-state index contributed by atoms with van der Waals surface area (Å²) in [7, 11) is 0. The number of rotatable bonds is 5. The number of benzene rings is 3. The summed E-state index contributed by atoms with van der Waals surface area (Å²) in [6, 6.07) is 15.6. The fourth-order valence-electron chi connectivity index (χ4n) is 5.19. The Kier molecular flexibility index (Phi) is 7.09. The molecule has 1 aliphatic carbocycles. The van der Waals surface area contributed by atoms with Gasteiger partial charge in [-0.15, -0.1) is 0 Å². The second-order valence-electron chi connectivity index (χ2n) is 10.6. The van der Waals surface area contributed by atoms with Crippen LogP contribution in [0.25, 0.3) is 22.3 Å². The van der Waals surface area contributed by atoms with Gasteiger partial charge in [0, 0.05) is 12.5 Å². The number of aliphatic imine (C=N–C) groups is 1. The first kappa shape index (κ1) is 26.4. The van der Waals surface area contributed by atoms with Crippen LogP contribution in [0.2, 0.25) is 0 Å². The highest BCUT2D eigenvalue weighted by molar-refractivity contribution is 5.90. The predicted octanol–water partition coefficient (Wildman–Crippen LogP) is 4.62. The Morgan fingerprint density at radius 2 is 1.53 bits per heavy atom. The molecule has 8 heteroatoms. The lowest BCUT2D eigenvalue weighted by molar-refractivity contribution is -0.113. The summed E-state index contributed by atoms with van der Waals surface area (Å²) in [5, 5.41) is 40.0. The lowest BCUT2D eigenvalue weighted by Gasteiger charge is -2.36. The summed E-state index contributed by atoms with van der Waals surface area (Å²) in [5.41, 5.74) is 2.14. The van der Waals surface area contributed by atoms with Crippen LogP contribution < -0.4 is 0 Å². The highest BCUT2D eigenvalue weighted by Gasteiger charge is 2.39. The van der Waals surface area contributed by atoms with E-state index in [1.54, 1.807) is 38.1 Å². The average Bonchev–Trinajstić information content (AvgIpc) is 3.29. The largest absolute Gasteiger partial charge is 0.474 e. The Labute approximate surface area is 219 Å². The Balaban J connectivity index is 1.37. The molecule has 4 N–H and O–H groups in total. The topological polar surface area (TPSA) is 103 Å². The van der Waals surface area contributed by atoms with Crippen molar-refractivity contribution in [3.8, 4) is 22.3 Å². The van der Waals surface area contributed by atoms with Crippen molar-refractivity contribution >= 4 is 11.6 Å². The highest BCUT2D eigenvalue weighted by Crippen LogP contribution is 2.39. The number of hydrogen-bond acceptors (Lipinski definition) is 6. The van der Waals surface area contributed by atoms with Gasteiger partial charge in [0.25, 0.3) is 0 Å². The Hall–Kier alpha value is -3.17. The molecule has 1 saturated carbocycles. The maximum absolute atomic E-state index is 15.5. The number of halogens is 2. The zero-order valence-corrected chi connectivity index (χ0v) is 21.2. The molecular formula is C30H31F2NO5. The summed E-state index contributed by atoms with van der Waals surface area (Å²) >= 11 is 0. The van der Waals surface area contributed by atoms with Crippen LogP contribution in [-0.2, 0) is 16.8 Å². The second kappa shape index (κ2) is 10.2. The first-order valence-electron chi connectivity index (χ1n) is 12.7. The van der Waals surface area contributed by atoms with Crippen molar-refractivity contribution in [2.75, 3.05) is 6.61 Å². The van der Waals surface area contributed by atoms with Crippen LogP contribution in [0.5, 0.6) is 0 Å². The third-order valence-corrected chi connectivity index (χ3v) is 7.51. The van der Waals surface area contributed by atoms with Gasteiger partial charge in [0.2, 0.25) is 0 Å². The molecule has 3 aromatic carbocycles. The smallest absolute Gasteiger partial charge is 0.193 e. The molecule has 0 amide bonds. The molecule has 0 radical (unpaired) electrons. The number of aliphatic hydroxyl groups is 4. The van der Waals surface area contributed by atoms with E-state index in [-0.39, 0.29) is 30.2 Å². The molecule has 0 unspecified atom stereocenters. The summed E-state index contributed by atoms with van der Waals surface area (Å²) in [4.78, 5) is 4.25. The lowest BCUT2D eigenvalue weighted by Crippen LogP contribution is -2.49. The normalized spacial score (nSPS) is 23.2. The van der Waals surface area contributed by atoms with Gasteiger partial charge in [-0.1, -0.05) is 48.5 Å². The van der Waals surface area contributed by atoms with Gasteiger partial charge >= 0.3 is 0 Å². The van der Waals surface area contributed by atoms with E-state index in [4.69, 9.17) is 4.74 Å². The van der Waals surface area contributed by atoms with E-state index in [0.29, 0.717) is 24.0 Å². The molecule has 6 nitrogen and oxygen atoms in total. The Morgan fingerprint density at radius 1 is 0.921 bits per heavy atom. The van der Waals surface area contributed by atoms with E-state index in [9.17, 15) is 20.4 Å². The molecule has 2 aliphatic rings. The molecule has 3 aromatic rings. The molecule has 0 saturated heterocycles. The molecule has 38 heavy (non-hydrogen) atoms. The maximum atomic E-state index is 15.5. The quantitative estimate of drug-likeness (QED) is 0.391. The molecule has 1 aliphatic heterocycles. The first-order valence-corrected chi connectivity index (χ1v) is 12.7. The first-order chi connectivity index (χ1) is 18.1. The van der Waals surface area contributed by atoms with E-state index >= 15 is 8.78 Å². The molecular weight excluding hydrogens is 492 g/mol. The van der Waals surface area contributed by atoms with Gasteiger partial charge in [0.05, 0.1) is 23.7 Å². The van der Waals surface area contributed by atoms with Crippen LogP contribution in [0, 0.1) is 17.6 Å². The van der Waals surface area contributed by atoms with Crippen LogP contribution in [0.1, 0.15) is 37.8 Å². The molecule has 0 aromatic heterocycles. The molecule has 5 rings (SSSR count). The summed E-state index contributed by atoms with van der Waals surface area (Å²) < 4.78 is 36.4. The second-order valence-corrected chi connectivity index (χ2v) is 10.6. The zero-order valence-electron chi connectivity index (χ0n) is 21.2. The van der Waals surface area contributed by atoms with Crippen LogP contribution in [0.4, 0.5) is 14.5 Å². The third-order valence-electron chi connectivity index (χ3n) is 7.51. The van der Waals surface area contributed by atoms with Crippen molar-refractivity contribution in [3.05, 3.63) is 77.4 Å². The summed E-state index contributed by atoms with van der Waals surface area (Å²) in [5.74, 6) is -1.77. The van der Waals surface area contributed by atoms with E-state index in [1.807, 2.05) is 24.3 Å². The molecule has 1 heterocycles. The summed E-state index contributed by atoms with van der Waals surface area (Å²) in [6.45, 7) is 3.19. The number of nitrogens with zero attached hydrogens (tertiary/aromatic N) is 1. The minimum Gasteiger partial charge on any atom is -0.474 e. The standard InChI is InChI=1S/C30H31F2NO5/c1-30(2,37)21-10-7-17(8-11-21)16-3-5-18(6-4-16)25-22(31)13-20-14-24(33-27(20)26(25)32)38-23-12-9-19(15-34)28(35)29(23)36/h3-8,10-11,13,19,23,28-29,34-37H,9,12,14-15H2,1-2H3/t19-,23+,28-,29-/m1/s1. The molecule has 1 fully saturated rings. The zero-order chi connectivity index (χ0) is 27.2. The number of hydrogen-bond donors (Lipinski definition) is 4. The monoisotopic (exact) mass is 523 g/mol. The third kappa shape index (κ3) is 4.97. The van der Waals surface area contributed by atoms with Crippen LogP contribution >= 0.6 is 0 Å². The predicted molar refractivity (Wildman–Crippen MR) is 140 cm³/mol.